The number of sulfonamides is 1. The molecule has 0 saturated heterocycles. The van der Waals surface area contributed by atoms with Gasteiger partial charge in [0.05, 0.1) is 11.9 Å². The lowest BCUT2D eigenvalue weighted by molar-refractivity contribution is -0.141. The Hall–Kier alpha value is -3.36. The number of benzene rings is 3. The third-order valence-corrected chi connectivity index (χ3v) is 8.01. The van der Waals surface area contributed by atoms with Crippen molar-refractivity contribution in [2.45, 2.75) is 52.1 Å². The lowest BCUT2D eigenvalue weighted by atomic mass is 10.0. The Labute approximate surface area is 243 Å². The van der Waals surface area contributed by atoms with Gasteiger partial charge in [0.15, 0.2) is 0 Å². The molecule has 3 aromatic rings. The molecule has 40 heavy (non-hydrogen) atoms. The van der Waals surface area contributed by atoms with E-state index in [0.717, 1.165) is 23.1 Å². The predicted molar refractivity (Wildman–Crippen MR) is 162 cm³/mol. The van der Waals surface area contributed by atoms with Crippen LogP contribution >= 0.6 is 11.6 Å². The minimum Gasteiger partial charge on any atom is -0.354 e. The Morgan fingerprint density at radius 2 is 1.62 bits per heavy atom. The minimum atomic E-state index is -3.56. The molecule has 0 bridgehead atoms. The summed E-state index contributed by atoms with van der Waals surface area (Å²) >= 11 is 6.24. The highest BCUT2D eigenvalue weighted by Crippen LogP contribution is 2.23. The third kappa shape index (κ3) is 9.10. The van der Waals surface area contributed by atoms with Gasteiger partial charge in [-0.1, -0.05) is 79.2 Å². The summed E-state index contributed by atoms with van der Waals surface area (Å²) in [4.78, 5) is 28.8. The van der Waals surface area contributed by atoms with E-state index in [0.29, 0.717) is 30.1 Å². The largest absolute Gasteiger partial charge is 0.354 e. The predicted octanol–water partition coefficient (Wildman–Crippen LogP) is 5.36. The first-order valence-electron chi connectivity index (χ1n) is 13.5. The summed E-state index contributed by atoms with van der Waals surface area (Å²) in [5, 5.41) is 3.50. The molecule has 0 unspecified atom stereocenters. The molecule has 0 aliphatic carbocycles. The van der Waals surface area contributed by atoms with Crippen molar-refractivity contribution in [3.63, 3.8) is 0 Å². The average molecular weight is 584 g/mol. The van der Waals surface area contributed by atoms with Crippen molar-refractivity contribution in [1.29, 1.82) is 0 Å². The van der Waals surface area contributed by atoms with Gasteiger partial charge in [0.25, 0.3) is 0 Å². The zero-order valence-corrected chi connectivity index (χ0v) is 24.9. The second-order valence-electron chi connectivity index (χ2n) is 9.87. The molecule has 1 atom stereocenters. The van der Waals surface area contributed by atoms with Crippen molar-refractivity contribution in [2.24, 2.45) is 0 Å². The molecule has 9 heteroatoms. The van der Waals surface area contributed by atoms with Crippen LogP contribution in [0.15, 0.2) is 78.9 Å². The van der Waals surface area contributed by atoms with Crippen molar-refractivity contribution in [3.05, 3.63) is 101 Å². The number of halogens is 1. The molecule has 0 radical (unpaired) electrons. The number of aryl methyl sites for hydroxylation is 1. The van der Waals surface area contributed by atoms with Gasteiger partial charge in [-0.2, -0.15) is 0 Å². The number of amides is 2. The number of nitrogens with one attached hydrogen (secondary N) is 1. The summed E-state index contributed by atoms with van der Waals surface area (Å²) in [5.74, 6) is -0.454. The number of carbonyl (C=O) groups excluding carboxylic acids is 2. The second-order valence-corrected chi connectivity index (χ2v) is 12.2. The molecule has 0 heterocycles. The lowest BCUT2D eigenvalue weighted by Gasteiger charge is -2.32. The normalized spacial score (nSPS) is 12.0. The van der Waals surface area contributed by atoms with Crippen LogP contribution < -0.4 is 9.62 Å². The maximum Gasteiger partial charge on any atom is 0.243 e. The molecule has 3 aromatic carbocycles. The van der Waals surface area contributed by atoms with E-state index in [9.17, 15) is 18.0 Å². The molecule has 7 nitrogen and oxygen atoms in total. The van der Waals surface area contributed by atoms with Crippen molar-refractivity contribution in [1.82, 2.24) is 10.2 Å². The van der Waals surface area contributed by atoms with E-state index in [1.165, 1.54) is 10.6 Å². The fourth-order valence-corrected chi connectivity index (χ4v) is 5.81. The van der Waals surface area contributed by atoms with Crippen LogP contribution in [-0.4, -0.2) is 50.5 Å². The van der Waals surface area contributed by atoms with E-state index in [-0.39, 0.29) is 31.3 Å². The van der Waals surface area contributed by atoms with Crippen molar-refractivity contribution in [2.75, 3.05) is 23.7 Å². The van der Waals surface area contributed by atoms with Gasteiger partial charge in [-0.3, -0.25) is 13.9 Å². The molecule has 2 amide bonds. The van der Waals surface area contributed by atoms with Gasteiger partial charge >= 0.3 is 0 Å². The first-order valence-corrected chi connectivity index (χ1v) is 15.7. The molecule has 0 aliphatic rings. The SMILES string of the molecule is CCCNC(=O)[C@@H](Cc1ccccc1)N(Cc1cccc(Cl)c1)C(=O)CCCN(c1ccccc1C)S(C)(=O)=O. The van der Waals surface area contributed by atoms with Gasteiger partial charge in [0.1, 0.15) is 6.04 Å². The van der Waals surface area contributed by atoms with Gasteiger partial charge < -0.3 is 10.2 Å². The number of para-hydroxylation sites is 1. The molecular formula is C31H38ClN3O4S. The summed E-state index contributed by atoms with van der Waals surface area (Å²) in [6, 6.07) is 23.4. The Morgan fingerprint density at radius 1 is 0.950 bits per heavy atom. The minimum absolute atomic E-state index is 0.0742. The number of anilines is 1. The highest BCUT2D eigenvalue weighted by molar-refractivity contribution is 7.92. The van der Waals surface area contributed by atoms with E-state index >= 15 is 0 Å². The van der Waals surface area contributed by atoms with Gasteiger partial charge in [-0.05, 0) is 54.7 Å². The van der Waals surface area contributed by atoms with Crippen LogP contribution in [0.1, 0.15) is 42.9 Å². The molecule has 3 rings (SSSR count). The van der Waals surface area contributed by atoms with Gasteiger partial charge in [0.2, 0.25) is 21.8 Å². The van der Waals surface area contributed by atoms with Gasteiger partial charge in [0, 0.05) is 37.5 Å². The number of rotatable bonds is 14. The van der Waals surface area contributed by atoms with Crippen molar-refractivity contribution >= 4 is 39.1 Å². The standard InChI is InChI=1S/C31H38ClN3O4S/c1-4-19-33-31(37)29(22-25-13-6-5-7-14-25)34(23-26-15-10-16-27(32)21-26)30(36)18-11-20-35(40(3,38)39)28-17-9-8-12-24(28)2/h5-10,12-17,21,29H,4,11,18-20,22-23H2,1-3H3,(H,33,37)/t29-/m1/s1. The summed E-state index contributed by atoms with van der Waals surface area (Å²) in [7, 11) is -3.56. The average Bonchev–Trinajstić information content (AvgIpc) is 2.92. The summed E-state index contributed by atoms with van der Waals surface area (Å²) in [5.41, 5.74) is 3.16. The topological polar surface area (TPSA) is 86.8 Å². The van der Waals surface area contributed by atoms with E-state index in [1.807, 2.05) is 68.4 Å². The fraction of sp³-hybridized carbons (Fsp3) is 0.355. The maximum absolute atomic E-state index is 13.8. The molecule has 0 spiro atoms. The van der Waals surface area contributed by atoms with Crippen molar-refractivity contribution < 1.29 is 18.0 Å². The van der Waals surface area contributed by atoms with E-state index in [1.54, 1.807) is 29.2 Å². The number of hydrogen-bond acceptors (Lipinski definition) is 4. The van der Waals surface area contributed by atoms with Crippen LogP contribution in [0, 0.1) is 6.92 Å². The molecule has 1 N–H and O–H groups in total. The van der Waals surface area contributed by atoms with Gasteiger partial charge in [-0.15, -0.1) is 0 Å². The zero-order valence-electron chi connectivity index (χ0n) is 23.3. The van der Waals surface area contributed by atoms with E-state index in [4.69, 9.17) is 11.6 Å². The Balaban J connectivity index is 1.88. The highest BCUT2D eigenvalue weighted by atomic mass is 35.5. The Bertz CT molecular complexity index is 1380. The zero-order chi connectivity index (χ0) is 29.1. The first kappa shape index (κ1) is 31.2. The summed E-state index contributed by atoms with van der Waals surface area (Å²) < 4.78 is 26.6. The van der Waals surface area contributed by atoms with Crippen LogP contribution in [0.25, 0.3) is 0 Å². The Morgan fingerprint density at radius 3 is 2.27 bits per heavy atom. The monoisotopic (exact) mass is 583 g/mol. The van der Waals surface area contributed by atoms with Crippen molar-refractivity contribution in [3.8, 4) is 0 Å². The highest BCUT2D eigenvalue weighted by Gasteiger charge is 2.30. The van der Waals surface area contributed by atoms with Crippen LogP contribution in [0.2, 0.25) is 5.02 Å². The van der Waals surface area contributed by atoms with Crippen LogP contribution in [-0.2, 0) is 32.6 Å². The molecule has 0 saturated carbocycles. The number of nitrogens with zero attached hydrogens (tertiary/aromatic N) is 2. The molecule has 0 aliphatic heterocycles. The summed E-state index contributed by atoms with van der Waals surface area (Å²) in [6.07, 6.45) is 2.65. The summed E-state index contributed by atoms with van der Waals surface area (Å²) in [6.45, 7) is 4.68. The van der Waals surface area contributed by atoms with Crippen LogP contribution in [0.4, 0.5) is 5.69 Å². The van der Waals surface area contributed by atoms with Crippen LogP contribution in [0.5, 0.6) is 0 Å². The lowest BCUT2D eigenvalue weighted by Crippen LogP contribution is -2.50. The first-order chi connectivity index (χ1) is 19.1. The molecule has 0 aromatic heterocycles. The number of hydrogen-bond donors (Lipinski definition) is 1. The van der Waals surface area contributed by atoms with Crippen LogP contribution in [0.3, 0.4) is 0 Å². The molecule has 214 valence electrons. The third-order valence-electron chi connectivity index (χ3n) is 6.60. The quantitative estimate of drug-likeness (QED) is 0.277. The smallest absolute Gasteiger partial charge is 0.243 e. The second kappa shape index (κ2) is 14.9. The molecular weight excluding hydrogens is 546 g/mol. The van der Waals surface area contributed by atoms with E-state index in [2.05, 4.69) is 5.32 Å². The van der Waals surface area contributed by atoms with Gasteiger partial charge in [-0.25, -0.2) is 8.42 Å². The maximum atomic E-state index is 13.8. The molecule has 0 fully saturated rings. The number of carbonyl (C=O) groups is 2. The fourth-order valence-electron chi connectivity index (χ4n) is 4.58. The Kier molecular flexibility index (Phi) is 11.6. The van der Waals surface area contributed by atoms with E-state index < -0.39 is 16.1 Å².